The number of thioether (sulfide) groups is 1. The fourth-order valence-corrected chi connectivity index (χ4v) is 2.96. The maximum absolute atomic E-state index is 12.4. The minimum Gasteiger partial charge on any atom is -0.497 e. The van der Waals surface area contributed by atoms with Crippen LogP contribution in [0.1, 0.15) is 5.56 Å². The number of imide groups is 1. The van der Waals surface area contributed by atoms with E-state index < -0.39 is 0 Å². The van der Waals surface area contributed by atoms with Gasteiger partial charge in [-0.2, -0.15) is 0 Å². The van der Waals surface area contributed by atoms with E-state index >= 15 is 0 Å². The van der Waals surface area contributed by atoms with Crippen LogP contribution in [0.4, 0.5) is 10.5 Å². The van der Waals surface area contributed by atoms with Crippen molar-refractivity contribution in [3.05, 3.63) is 65.1 Å². The molecule has 3 rings (SSSR count). The summed E-state index contributed by atoms with van der Waals surface area (Å²) in [7, 11) is 1.60. The van der Waals surface area contributed by atoms with Crippen molar-refractivity contribution in [3.63, 3.8) is 0 Å². The van der Waals surface area contributed by atoms with Gasteiger partial charge in [-0.15, -0.1) is 0 Å². The maximum Gasteiger partial charge on any atom is 0.298 e. The molecule has 2 amide bonds. The molecule has 0 saturated carbocycles. The molecule has 110 valence electrons. The monoisotopic (exact) mass is 311 g/mol. The van der Waals surface area contributed by atoms with Gasteiger partial charge in [0.05, 0.1) is 17.7 Å². The first-order chi connectivity index (χ1) is 10.7. The van der Waals surface area contributed by atoms with Gasteiger partial charge in [-0.1, -0.05) is 30.3 Å². The molecule has 2 aromatic rings. The summed E-state index contributed by atoms with van der Waals surface area (Å²) in [4.78, 5) is 26.1. The lowest BCUT2D eigenvalue weighted by Gasteiger charge is -2.11. The van der Waals surface area contributed by atoms with E-state index in [-0.39, 0.29) is 11.1 Å². The third kappa shape index (κ3) is 2.76. The van der Waals surface area contributed by atoms with Gasteiger partial charge >= 0.3 is 0 Å². The Kier molecular flexibility index (Phi) is 3.98. The van der Waals surface area contributed by atoms with E-state index in [1.54, 1.807) is 37.5 Å². The van der Waals surface area contributed by atoms with Gasteiger partial charge in [0.25, 0.3) is 11.1 Å². The molecule has 0 atom stereocenters. The summed E-state index contributed by atoms with van der Waals surface area (Å²) in [5.74, 6) is 0.451. The average Bonchev–Trinajstić information content (AvgIpc) is 2.83. The first-order valence-electron chi connectivity index (χ1n) is 6.66. The van der Waals surface area contributed by atoms with Gasteiger partial charge in [0.15, 0.2) is 0 Å². The highest BCUT2D eigenvalue weighted by Crippen LogP contribution is 2.35. The highest BCUT2D eigenvalue weighted by molar-refractivity contribution is 8.19. The van der Waals surface area contributed by atoms with Crippen molar-refractivity contribution in [3.8, 4) is 5.75 Å². The van der Waals surface area contributed by atoms with Gasteiger partial charge in [-0.3, -0.25) is 9.59 Å². The predicted octanol–water partition coefficient (Wildman–Crippen LogP) is 3.94. The van der Waals surface area contributed by atoms with Crippen LogP contribution in [-0.4, -0.2) is 18.3 Å². The van der Waals surface area contributed by atoms with Crippen LogP contribution in [0.3, 0.4) is 0 Å². The summed E-state index contributed by atoms with van der Waals surface area (Å²) in [6.45, 7) is 0. The molecular weight excluding hydrogens is 298 g/mol. The van der Waals surface area contributed by atoms with Crippen LogP contribution in [-0.2, 0) is 4.79 Å². The number of hydrogen-bond acceptors (Lipinski definition) is 4. The Morgan fingerprint density at radius 3 is 2.32 bits per heavy atom. The lowest BCUT2D eigenvalue weighted by Crippen LogP contribution is -2.27. The van der Waals surface area contributed by atoms with Crippen LogP contribution in [0, 0.1) is 0 Å². The Balaban J connectivity index is 1.88. The molecule has 0 aromatic heterocycles. The highest BCUT2D eigenvalue weighted by atomic mass is 32.2. The van der Waals surface area contributed by atoms with Crippen LogP contribution in [0.5, 0.6) is 5.75 Å². The van der Waals surface area contributed by atoms with Crippen LogP contribution in [0.2, 0.25) is 0 Å². The molecule has 0 N–H and O–H groups in total. The normalized spacial score (nSPS) is 16.4. The number of carbonyl (C=O) groups is 2. The topological polar surface area (TPSA) is 46.6 Å². The number of hydrogen-bond donors (Lipinski definition) is 0. The Morgan fingerprint density at radius 1 is 1.00 bits per heavy atom. The van der Waals surface area contributed by atoms with Crippen molar-refractivity contribution in [2.75, 3.05) is 12.0 Å². The molecule has 0 bridgehead atoms. The number of ether oxygens (including phenoxy) is 1. The zero-order valence-corrected chi connectivity index (χ0v) is 12.7. The SMILES string of the molecule is COc1ccc(/C=C2/SC(=O)N(c3ccccc3)C2=O)cc1. The van der Waals surface area contributed by atoms with Gasteiger partial charge in [-0.05, 0) is 47.7 Å². The zero-order valence-electron chi connectivity index (χ0n) is 11.9. The lowest BCUT2D eigenvalue weighted by molar-refractivity contribution is -0.113. The van der Waals surface area contributed by atoms with E-state index in [9.17, 15) is 9.59 Å². The van der Waals surface area contributed by atoms with Crippen molar-refractivity contribution in [1.82, 2.24) is 0 Å². The summed E-state index contributed by atoms with van der Waals surface area (Å²) < 4.78 is 5.10. The Morgan fingerprint density at radius 2 is 1.68 bits per heavy atom. The molecule has 0 radical (unpaired) electrons. The Hall–Kier alpha value is -2.53. The second kappa shape index (κ2) is 6.07. The van der Waals surface area contributed by atoms with Crippen molar-refractivity contribution in [1.29, 1.82) is 0 Å². The molecule has 2 aromatic carbocycles. The van der Waals surface area contributed by atoms with Crippen LogP contribution in [0.15, 0.2) is 59.5 Å². The van der Waals surface area contributed by atoms with Crippen molar-refractivity contribution in [2.24, 2.45) is 0 Å². The summed E-state index contributed by atoms with van der Waals surface area (Å²) in [6, 6.07) is 16.2. The maximum atomic E-state index is 12.4. The first-order valence-corrected chi connectivity index (χ1v) is 7.48. The quantitative estimate of drug-likeness (QED) is 0.806. The van der Waals surface area contributed by atoms with E-state index in [1.807, 2.05) is 30.3 Å². The highest BCUT2D eigenvalue weighted by Gasteiger charge is 2.36. The molecule has 22 heavy (non-hydrogen) atoms. The van der Waals surface area contributed by atoms with Crippen molar-refractivity contribution in [2.45, 2.75) is 0 Å². The third-order valence-electron chi connectivity index (χ3n) is 3.22. The first kappa shape index (κ1) is 14.4. The Labute approximate surface area is 132 Å². The largest absolute Gasteiger partial charge is 0.497 e. The summed E-state index contributed by atoms with van der Waals surface area (Å²) in [5, 5.41) is -0.282. The molecule has 1 fully saturated rings. The number of anilines is 1. The van der Waals surface area contributed by atoms with Gasteiger partial charge in [0, 0.05) is 0 Å². The summed E-state index contributed by atoms with van der Waals surface area (Å²) in [6.07, 6.45) is 1.72. The second-order valence-corrected chi connectivity index (χ2v) is 5.62. The van der Waals surface area contributed by atoms with Gasteiger partial charge in [-0.25, -0.2) is 4.90 Å². The third-order valence-corrected chi connectivity index (χ3v) is 4.09. The zero-order chi connectivity index (χ0) is 15.5. The summed E-state index contributed by atoms with van der Waals surface area (Å²) >= 11 is 0.949. The van der Waals surface area contributed by atoms with Crippen LogP contribution < -0.4 is 9.64 Å². The molecule has 0 aliphatic carbocycles. The number of nitrogens with zero attached hydrogens (tertiary/aromatic N) is 1. The number of carbonyl (C=O) groups excluding carboxylic acids is 2. The summed E-state index contributed by atoms with van der Waals surface area (Å²) in [5.41, 5.74) is 1.43. The predicted molar refractivity (Wildman–Crippen MR) is 87.9 cm³/mol. The van der Waals surface area contributed by atoms with Gasteiger partial charge < -0.3 is 4.74 Å². The molecule has 1 aliphatic heterocycles. The number of benzene rings is 2. The lowest BCUT2D eigenvalue weighted by atomic mass is 10.2. The molecule has 0 unspecified atom stereocenters. The van der Waals surface area contributed by atoms with E-state index in [4.69, 9.17) is 4.74 Å². The number of amides is 2. The number of para-hydroxylation sites is 1. The van der Waals surface area contributed by atoms with Crippen molar-refractivity contribution < 1.29 is 14.3 Å². The fraction of sp³-hybridized carbons (Fsp3) is 0.0588. The smallest absolute Gasteiger partial charge is 0.298 e. The van der Waals surface area contributed by atoms with E-state index in [0.717, 1.165) is 23.1 Å². The molecule has 5 heteroatoms. The minimum atomic E-state index is -0.294. The molecule has 4 nitrogen and oxygen atoms in total. The molecule has 1 aliphatic rings. The average molecular weight is 311 g/mol. The number of rotatable bonds is 3. The number of methoxy groups -OCH3 is 1. The standard InChI is InChI=1S/C17H13NO3S/c1-21-14-9-7-12(8-10-14)11-15-16(19)18(17(20)22-15)13-5-3-2-4-6-13/h2-11H,1H3/b15-11+. The van der Waals surface area contributed by atoms with Gasteiger partial charge in [0.2, 0.25) is 0 Å². The minimum absolute atomic E-state index is 0.282. The second-order valence-electron chi connectivity index (χ2n) is 4.63. The molecular formula is C17H13NO3S. The molecule has 0 spiro atoms. The Bertz CT molecular complexity index is 738. The van der Waals surface area contributed by atoms with Gasteiger partial charge in [0.1, 0.15) is 5.75 Å². The van der Waals surface area contributed by atoms with Crippen LogP contribution in [0.25, 0.3) is 6.08 Å². The van der Waals surface area contributed by atoms with E-state index in [0.29, 0.717) is 10.6 Å². The van der Waals surface area contributed by atoms with Crippen molar-refractivity contribution >= 4 is 34.7 Å². The molecule has 1 saturated heterocycles. The van der Waals surface area contributed by atoms with E-state index in [1.165, 1.54) is 4.90 Å². The van der Waals surface area contributed by atoms with Crippen LogP contribution >= 0.6 is 11.8 Å². The molecule has 1 heterocycles. The fourth-order valence-electron chi connectivity index (χ4n) is 2.12. The van der Waals surface area contributed by atoms with E-state index in [2.05, 4.69) is 0 Å².